The lowest BCUT2D eigenvalue weighted by molar-refractivity contribution is -0.175. The molecule has 0 bridgehead atoms. The van der Waals surface area contributed by atoms with Crippen molar-refractivity contribution in [2.45, 2.75) is 97.1 Å². The van der Waals surface area contributed by atoms with E-state index in [0.29, 0.717) is 23.5 Å². The van der Waals surface area contributed by atoms with E-state index < -0.39 is 57.0 Å². The molecular weight excluding hydrogens is 574 g/mol. The van der Waals surface area contributed by atoms with Gasteiger partial charge in [-0.2, -0.15) is 0 Å². The highest BCUT2D eigenvalue weighted by molar-refractivity contribution is 6.25. The number of nitrogens with two attached hydrogens (primary N) is 1. The molecule has 1 aromatic carbocycles. The quantitative estimate of drug-likeness (QED) is 0.225. The third-order valence-corrected chi connectivity index (χ3v) is 10.6. The number of unbranched alkanes of at least 4 members (excludes halogenated alkanes) is 2. The van der Waals surface area contributed by atoms with Crippen LogP contribution in [0.1, 0.15) is 89.3 Å². The van der Waals surface area contributed by atoms with Crippen molar-refractivity contribution in [3.05, 3.63) is 39.7 Å². The number of aliphatic hydroxyl groups is 3. The fourth-order valence-corrected chi connectivity index (χ4v) is 8.63. The fraction of sp³-hybridized carbons (Fsp3) is 0.629. The van der Waals surface area contributed by atoms with Crippen LogP contribution in [0.5, 0.6) is 5.75 Å². The number of carbonyl (C=O) groups excluding carboxylic acids is 3. The zero-order valence-corrected chi connectivity index (χ0v) is 28.1. The molecule has 6 N–H and O–H groups in total. The molecule has 0 saturated heterocycles. The standard InChI is InChI=1S/C35H51N3O7/c1-9-11-13-19(14-12-10-2)15-20-16-22(37(5)6)21-17-33(3)18-34(4)29(38(7)8)28(41)24(32(36)44)30(42)35(34,45)31(43)25(33)27(40)23(21)26(20)39/h16,19,29,39-40,42,45H,9-15,17-18H2,1-8H3,(H2,36,44)/t29-,33+,34+,35-/m1/s1. The summed E-state index contributed by atoms with van der Waals surface area (Å²) in [7, 11) is 6.98. The van der Waals surface area contributed by atoms with E-state index in [2.05, 4.69) is 13.8 Å². The lowest BCUT2D eigenvalue weighted by Crippen LogP contribution is -2.72. The van der Waals surface area contributed by atoms with Crippen LogP contribution in [0.4, 0.5) is 5.69 Å². The number of amides is 1. The number of ketones is 2. The third kappa shape index (κ3) is 5.14. The number of carbonyl (C=O) groups is 3. The van der Waals surface area contributed by atoms with E-state index in [-0.39, 0.29) is 29.7 Å². The number of hydrogen-bond acceptors (Lipinski definition) is 9. The second kappa shape index (κ2) is 12.1. The van der Waals surface area contributed by atoms with E-state index in [1.54, 1.807) is 27.9 Å². The average Bonchev–Trinajstić information content (AvgIpc) is 2.92. The second-order valence-electron chi connectivity index (χ2n) is 14.4. The van der Waals surface area contributed by atoms with Gasteiger partial charge in [0.25, 0.3) is 5.91 Å². The Morgan fingerprint density at radius 3 is 2.11 bits per heavy atom. The van der Waals surface area contributed by atoms with Gasteiger partial charge in [0.2, 0.25) is 5.78 Å². The Kier molecular flexibility index (Phi) is 9.27. The van der Waals surface area contributed by atoms with Crippen molar-refractivity contribution < 1.29 is 34.8 Å². The molecule has 1 saturated carbocycles. The molecule has 45 heavy (non-hydrogen) atoms. The van der Waals surface area contributed by atoms with Crippen molar-refractivity contribution >= 4 is 28.9 Å². The Morgan fingerprint density at radius 2 is 1.62 bits per heavy atom. The van der Waals surface area contributed by atoms with E-state index in [1.807, 2.05) is 25.1 Å². The number of Topliss-reactive ketones (excluding diaryl/α,β-unsaturated/α-hetero) is 2. The van der Waals surface area contributed by atoms with Crippen LogP contribution < -0.4 is 10.6 Å². The van der Waals surface area contributed by atoms with E-state index in [0.717, 1.165) is 44.2 Å². The number of phenols is 1. The Labute approximate surface area is 266 Å². The summed E-state index contributed by atoms with van der Waals surface area (Å²) in [5, 5.41) is 47.4. The second-order valence-corrected chi connectivity index (χ2v) is 14.4. The van der Waals surface area contributed by atoms with Gasteiger partial charge in [-0.1, -0.05) is 66.2 Å². The molecule has 1 amide bonds. The number of fused-ring (bicyclic) bond motifs is 3. The summed E-state index contributed by atoms with van der Waals surface area (Å²) in [6, 6.07) is 0.795. The highest BCUT2D eigenvalue weighted by atomic mass is 16.3. The summed E-state index contributed by atoms with van der Waals surface area (Å²) in [6.07, 6.45) is 7.12. The molecule has 0 heterocycles. The maximum atomic E-state index is 14.6. The van der Waals surface area contributed by atoms with E-state index in [1.165, 1.54) is 4.90 Å². The average molecular weight is 626 g/mol. The summed E-state index contributed by atoms with van der Waals surface area (Å²) < 4.78 is 0. The molecule has 10 heteroatoms. The number of nitrogens with zero attached hydrogens (tertiary/aromatic N) is 2. The molecule has 1 fully saturated rings. The Morgan fingerprint density at radius 1 is 1.04 bits per heavy atom. The first-order valence-electron chi connectivity index (χ1n) is 16.1. The van der Waals surface area contributed by atoms with Crippen molar-refractivity contribution in [3.63, 3.8) is 0 Å². The van der Waals surface area contributed by atoms with Crippen molar-refractivity contribution in [1.29, 1.82) is 0 Å². The van der Waals surface area contributed by atoms with Crippen LogP contribution in [-0.2, 0) is 27.2 Å². The van der Waals surface area contributed by atoms with Crippen LogP contribution in [0, 0.1) is 16.7 Å². The maximum Gasteiger partial charge on any atom is 0.255 e. The Bertz CT molecular complexity index is 1470. The first-order chi connectivity index (χ1) is 20.9. The van der Waals surface area contributed by atoms with Gasteiger partial charge in [0, 0.05) is 36.2 Å². The van der Waals surface area contributed by atoms with Crippen LogP contribution in [-0.4, -0.2) is 82.6 Å². The van der Waals surface area contributed by atoms with Crippen LogP contribution in [0.15, 0.2) is 23.0 Å². The topological polar surface area (TPSA) is 165 Å². The van der Waals surface area contributed by atoms with Crippen LogP contribution >= 0.6 is 0 Å². The maximum absolute atomic E-state index is 14.6. The minimum Gasteiger partial charge on any atom is -0.508 e. The number of phenolic OH excluding ortho intramolecular Hbond substituents is 1. The number of likely N-dealkylation sites (N-methyl/N-ethyl adjacent to an activating group) is 1. The van der Waals surface area contributed by atoms with Crippen molar-refractivity contribution in [1.82, 2.24) is 4.90 Å². The number of aromatic hydroxyl groups is 1. The van der Waals surface area contributed by atoms with Gasteiger partial charge in [0.05, 0.1) is 11.6 Å². The largest absolute Gasteiger partial charge is 0.508 e. The number of hydrogen-bond donors (Lipinski definition) is 5. The predicted octanol–water partition coefficient (Wildman–Crippen LogP) is 4.35. The molecular formula is C35H51N3O7. The van der Waals surface area contributed by atoms with Gasteiger partial charge in [-0.3, -0.25) is 19.3 Å². The fourth-order valence-electron chi connectivity index (χ4n) is 8.63. The number of aliphatic hydroxyl groups excluding tert-OH is 2. The van der Waals surface area contributed by atoms with Crippen molar-refractivity contribution in [2.75, 3.05) is 33.1 Å². The van der Waals surface area contributed by atoms with E-state index in [4.69, 9.17) is 5.73 Å². The lowest BCUT2D eigenvalue weighted by Gasteiger charge is -2.59. The number of anilines is 1. The van der Waals surface area contributed by atoms with Crippen molar-refractivity contribution in [2.24, 2.45) is 22.5 Å². The molecule has 1 aromatic rings. The molecule has 10 nitrogen and oxygen atoms in total. The molecule has 4 atom stereocenters. The molecule has 248 valence electrons. The summed E-state index contributed by atoms with van der Waals surface area (Å²) in [5.41, 5.74) is 1.36. The zero-order valence-electron chi connectivity index (χ0n) is 28.1. The van der Waals surface area contributed by atoms with Crippen LogP contribution in [0.2, 0.25) is 0 Å². The molecule has 0 aliphatic heterocycles. The van der Waals surface area contributed by atoms with Gasteiger partial charge in [0.15, 0.2) is 11.4 Å². The van der Waals surface area contributed by atoms with Gasteiger partial charge >= 0.3 is 0 Å². The summed E-state index contributed by atoms with van der Waals surface area (Å²) in [5.74, 6) is -4.38. The first-order valence-corrected chi connectivity index (χ1v) is 16.1. The number of benzene rings is 1. The minimum absolute atomic E-state index is 0.00272. The summed E-state index contributed by atoms with van der Waals surface area (Å²) in [6.45, 7) is 7.65. The molecule has 0 unspecified atom stereocenters. The molecule has 0 aromatic heterocycles. The molecule has 3 aliphatic carbocycles. The predicted molar refractivity (Wildman–Crippen MR) is 174 cm³/mol. The van der Waals surface area contributed by atoms with Crippen molar-refractivity contribution in [3.8, 4) is 5.75 Å². The smallest absolute Gasteiger partial charge is 0.255 e. The summed E-state index contributed by atoms with van der Waals surface area (Å²) in [4.78, 5) is 44.0. The van der Waals surface area contributed by atoms with Gasteiger partial charge in [0.1, 0.15) is 22.8 Å². The highest BCUT2D eigenvalue weighted by Crippen LogP contribution is 2.63. The first kappa shape index (κ1) is 34.5. The normalized spacial score (nSPS) is 28.0. The lowest BCUT2D eigenvalue weighted by atomic mass is 9.46. The Balaban J connectivity index is 1.99. The van der Waals surface area contributed by atoms with Crippen LogP contribution in [0.25, 0.3) is 5.76 Å². The third-order valence-electron chi connectivity index (χ3n) is 10.6. The monoisotopic (exact) mass is 625 g/mol. The van der Waals surface area contributed by atoms with E-state index in [9.17, 15) is 34.8 Å². The minimum atomic E-state index is -2.73. The van der Waals surface area contributed by atoms with Crippen LogP contribution in [0.3, 0.4) is 0 Å². The molecule has 0 spiro atoms. The van der Waals surface area contributed by atoms with Gasteiger partial charge in [-0.05, 0) is 56.5 Å². The molecule has 4 rings (SSSR count). The molecule has 3 aliphatic rings. The summed E-state index contributed by atoms with van der Waals surface area (Å²) >= 11 is 0. The highest BCUT2D eigenvalue weighted by Gasteiger charge is 2.72. The van der Waals surface area contributed by atoms with Gasteiger partial charge in [-0.25, -0.2) is 0 Å². The zero-order chi connectivity index (χ0) is 33.8. The molecule has 0 radical (unpaired) electrons. The van der Waals surface area contributed by atoms with E-state index >= 15 is 0 Å². The number of rotatable bonds is 11. The Hall–Kier alpha value is -3.37. The van der Waals surface area contributed by atoms with Gasteiger partial charge < -0.3 is 31.1 Å². The number of primary amides is 1. The van der Waals surface area contributed by atoms with Gasteiger partial charge in [-0.15, -0.1) is 0 Å². The SMILES string of the molecule is CCCCC(CCCC)Cc1cc(N(C)C)c2c(c1O)C(O)=C1C(=O)[C@]3(O)C(O)=C(C(N)=O)C(=O)[C@@H](N(C)C)[C@]3(C)C[C@]1(C)C2.